The predicted molar refractivity (Wildman–Crippen MR) is 57.8 cm³/mol. The molecular weight excluding hydrogens is 268 g/mol. The van der Waals surface area contributed by atoms with Crippen molar-refractivity contribution in [2.45, 2.75) is 6.29 Å². The second kappa shape index (κ2) is 3.42. The minimum Gasteiger partial charge on any atom is -0.395 e. The number of ether oxygens (including phenoxy) is 2. The fourth-order valence-electron chi connectivity index (χ4n) is 1.62. The maximum atomic E-state index is 12.8. The van der Waals surface area contributed by atoms with E-state index in [0.717, 1.165) is 4.57 Å². The summed E-state index contributed by atoms with van der Waals surface area (Å²) in [5, 5.41) is 4.72. The van der Waals surface area contributed by atoms with Crippen LogP contribution in [-0.4, -0.2) is 21.1 Å². The van der Waals surface area contributed by atoms with Crippen molar-refractivity contribution in [1.29, 1.82) is 0 Å². The number of rotatable bonds is 1. The van der Waals surface area contributed by atoms with Crippen molar-refractivity contribution in [2.24, 2.45) is 0 Å². The van der Waals surface area contributed by atoms with E-state index in [1.165, 1.54) is 18.2 Å². The molecule has 6 nitrogen and oxygen atoms in total. The van der Waals surface area contributed by atoms with E-state index >= 15 is 0 Å². The molecule has 0 radical (unpaired) electrons. The molecule has 2 aromatic rings. The summed E-state index contributed by atoms with van der Waals surface area (Å²) in [5.41, 5.74) is -0.215. The first-order chi connectivity index (χ1) is 8.46. The first-order valence-corrected chi connectivity index (χ1v) is 5.17. The monoisotopic (exact) mass is 273 g/mol. The summed E-state index contributed by atoms with van der Waals surface area (Å²) in [5.74, 6) is -0.248. The maximum Gasteiger partial charge on any atom is 0.586 e. The number of aromatic nitrogens is 3. The average molecular weight is 273 g/mol. The van der Waals surface area contributed by atoms with Crippen LogP contribution in [0.5, 0.6) is 11.5 Å². The fourth-order valence-corrected chi connectivity index (χ4v) is 1.86. The molecule has 9 heteroatoms. The Bertz CT molecular complexity index is 706. The summed E-state index contributed by atoms with van der Waals surface area (Å²) in [6.07, 6.45) is -3.69. The van der Waals surface area contributed by atoms with Gasteiger partial charge in [-0.1, -0.05) is 0 Å². The molecule has 18 heavy (non-hydrogen) atoms. The van der Waals surface area contributed by atoms with Crippen LogP contribution in [0.1, 0.15) is 0 Å². The van der Waals surface area contributed by atoms with Crippen LogP contribution >= 0.6 is 12.2 Å². The highest BCUT2D eigenvalue weighted by Crippen LogP contribution is 2.41. The molecule has 0 aliphatic carbocycles. The lowest BCUT2D eigenvalue weighted by atomic mass is 10.3. The number of nitrogens with one attached hydrogen (secondary N) is 2. The second-order valence-electron chi connectivity index (χ2n) is 3.49. The summed E-state index contributed by atoms with van der Waals surface area (Å²) in [6.45, 7) is 0. The zero-order chi connectivity index (χ0) is 12.9. The van der Waals surface area contributed by atoms with E-state index in [0.29, 0.717) is 5.69 Å². The fraction of sp³-hybridized carbons (Fsp3) is 0.111. The van der Waals surface area contributed by atoms with Gasteiger partial charge in [0.1, 0.15) is 0 Å². The van der Waals surface area contributed by atoms with Crippen LogP contribution in [0, 0.1) is 4.77 Å². The Balaban J connectivity index is 2.14. The highest BCUT2D eigenvalue weighted by atomic mass is 32.1. The number of nitrogens with zero attached hydrogens (tertiary/aromatic N) is 1. The zero-order valence-corrected chi connectivity index (χ0v) is 9.38. The van der Waals surface area contributed by atoms with Crippen LogP contribution in [0.15, 0.2) is 23.0 Å². The van der Waals surface area contributed by atoms with Crippen molar-refractivity contribution in [3.63, 3.8) is 0 Å². The lowest BCUT2D eigenvalue weighted by molar-refractivity contribution is -0.286. The van der Waals surface area contributed by atoms with Gasteiger partial charge in [-0.25, -0.2) is 14.5 Å². The first-order valence-electron chi connectivity index (χ1n) is 4.76. The molecule has 0 saturated carbocycles. The third kappa shape index (κ3) is 1.59. The highest BCUT2D eigenvalue weighted by molar-refractivity contribution is 7.71. The molecule has 94 valence electrons. The molecule has 1 aliphatic heterocycles. The average Bonchev–Trinajstić information content (AvgIpc) is 2.76. The molecule has 0 fully saturated rings. The third-order valence-corrected chi connectivity index (χ3v) is 2.61. The molecule has 0 unspecified atom stereocenters. The summed E-state index contributed by atoms with van der Waals surface area (Å²) in [7, 11) is 0. The Labute approximate surface area is 103 Å². The Morgan fingerprint density at radius 3 is 2.61 bits per heavy atom. The van der Waals surface area contributed by atoms with Crippen LogP contribution in [0.4, 0.5) is 8.78 Å². The van der Waals surface area contributed by atoms with Gasteiger partial charge in [0.05, 0.1) is 5.69 Å². The van der Waals surface area contributed by atoms with Gasteiger partial charge in [-0.2, -0.15) is 0 Å². The van der Waals surface area contributed by atoms with Gasteiger partial charge >= 0.3 is 12.0 Å². The van der Waals surface area contributed by atoms with E-state index in [1.807, 2.05) is 0 Å². The van der Waals surface area contributed by atoms with Crippen LogP contribution in [0.2, 0.25) is 0 Å². The lowest BCUT2D eigenvalue weighted by Gasteiger charge is -2.04. The third-order valence-electron chi connectivity index (χ3n) is 2.33. The van der Waals surface area contributed by atoms with Crippen molar-refractivity contribution in [3.8, 4) is 17.2 Å². The van der Waals surface area contributed by atoms with Crippen LogP contribution < -0.4 is 15.2 Å². The molecule has 3 rings (SSSR count). The molecule has 0 amide bonds. The standard InChI is InChI=1S/C9H5F2N3O3S/c10-9(11)16-5-2-1-4(3-6(5)17-9)14-7(15)12-13-8(14)18/h1-3H,(H,12,15)(H,13,18). The number of hydrogen-bond acceptors (Lipinski definition) is 4. The second-order valence-corrected chi connectivity index (χ2v) is 3.88. The van der Waals surface area contributed by atoms with Gasteiger partial charge in [0.25, 0.3) is 0 Å². The van der Waals surface area contributed by atoms with E-state index in [9.17, 15) is 13.6 Å². The lowest BCUT2D eigenvalue weighted by Crippen LogP contribution is -2.25. The summed E-state index contributed by atoms with van der Waals surface area (Å²) in [4.78, 5) is 11.5. The number of alkyl halides is 2. The van der Waals surface area contributed by atoms with E-state index in [2.05, 4.69) is 19.7 Å². The molecule has 0 spiro atoms. The van der Waals surface area contributed by atoms with E-state index in [4.69, 9.17) is 12.2 Å². The van der Waals surface area contributed by atoms with Crippen LogP contribution in [0.3, 0.4) is 0 Å². The SMILES string of the molecule is O=c1[nH][nH]c(=S)n1-c1ccc2c(c1)OC(F)(F)O2. The highest BCUT2D eigenvalue weighted by Gasteiger charge is 2.43. The number of fused-ring (bicyclic) bond motifs is 1. The normalized spacial score (nSPS) is 15.9. The van der Waals surface area contributed by atoms with E-state index in [-0.39, 0.29) is 16.3 Å². The number of halogens is 2. The Morgan fingerprint density at radius 1 is 1.22 bits per heavy atom. The molecular formula is C9H5F2N3O3S. The van der Waals surface area contributed by atoms with E-state index < -0.39 is 12.0 Å². The molecule has 2 heterocycles. The Hall–Kier alpha value is -2.16. The minimum atomic E-state index is -3.69. The van der Waals surface area contributed by atoms with Gasteiger partial charge in [-0.3, -0.25) is 5.10 Å². The first kappa shape index (κ1) is 11.0. The molecule has 0 atom stereocenters. The van der Waals surface area contributed by atoms with Crippen molar-refractivity contribution in [2.75, 3.05) is 0 Å². The Morgan fingerprint density at radius 2 is 1.94 bits per heavy atom. The summed E-state index contributed by atoms with van der Waals surface area (Å²) < 4.78 is 35.4. The maximum absolute atomic E-state index is 12.8. The molecule has 0 bridgehead atoms. The van der Waals surface area contributed by atoms with Gasteiger partial charge in [0.15, 0.2) is 11.5 Å². The number of benzene rings is 1. The van der Waals surface area contributed by atoms with Crippen molar-refractivity contribution >= 4 is 12.2 Å². The molecule has 1 aliphatic rings. The summed E-state index contributed by atoms with van der Waals surface area (Å²) >= 11 is 4.88. The smallest absolute Gasteiger partial charge is 0.395 e. The van der Waals surface area contributed by atoms with Gasteiger partial charge in [0.2, 0.25) is 4.77 Å². The van der Waals surface area contributed by atoms with Gasteiger partial charge in [-0.15, -0.1) is 8.78 Å². The zero-order valence-electron chi connectivity index (χ0n) is 8.57. The van der Waals surface area contributed by atoms with Crippen LogP contribution in [-0.2, 0) is 0 Å². The summed E-state index contributed by atoms with van der Waals surface area (Å²) in [6, 6.07) is 3.94. The van der Waals surface area contributed by atoms with Gasteiger partial charge in [-0.05, 0) is 24.4 Å². The van der Waals surface area contributed by atoms with Crippen molar-refractivity contribution in [1.82, 2.24) is 14.8 Å². The number of H-pyrrole nitrogens is 2. The number of hydrogen-bond donors (Lipinski definition) is 2. The van der Waals surface area contributed by atoms with Gasteiger partial charge in [0, 0.05) is 6.07 Å². The van der Waals surface area contributed by atoms with E-state index in [1.54, 1.807) is 0 Å². The van der Waals surface area contributed by atoms with Crippen molar-refractivity contribution in [3.05, 3.63) is 33.5 Å². The topological polar surface area (TPSA) is 72.0 Å². The quantitative estimate of drug-likeness (QED) is 0.773. The molecule has 1 aromatic heterocycles. The largest absolute Gasteiger partial charge is 0.586 e. The molecule has 2 N–H and O–H groups in total. The van der Waals surface area contributed by atoms with Gasteiger partial charge < -0.3 is 9.47 Å². The molecule has 1 aromatic carbocycles. The predicted octanol–water partition coefficient (Wildman–Crippen LogP) is 1.54. The van der Waals surface area contributed by atoms with Crippen molar-refractivity contribution < 1.29 is 18.3 Å². The number of aromatic amines is 2. The minimum absolute atomic E-state index is 0.0952. The molecule has 0 saturated heterocycles. The van der Waals surface area contributed by atoms with Crippen LogP contribution in [0.25, 0.3) is 5.69 Å². The Kier molecular flexibility index (Phi) is 2.08.